The van der Waals surface area contributed by atoms with Gasteiger partial charge in [0, 0.05) is 25.6 Å². The first-order chi connectivity index (χ1) is 7.70. The van der Waals surface area contributed by atoms with Crippen LogP contribution in [0.15, 0.2) is 0 Å². The van der Waals surface area contributed by atoms with E-state index in [4.69, 9.17) is 15.6 Å². The van der Waals surface area contributed by atoms with Gasteiger partial charge < -0.3 is 20.9 Å². The highest BCUT2D eigenvalue weighted by molar-refractivity contribution is 5.76. The van der Waals surface area contributed by atoms with E-state index in [9.17, 15) is 4.79 Å². The van der Waals surface area contributed by atoms with Crippen molar-refractivity contribution in [1.29, 1.82) is 0 Å². The van der Waals surface area contributed by atoms with Gasteiger partial charge in [-0.3, -0.25) is 4.79 Å². The van der Waals surface area contributed by atoms with Crippen molar-refractivity contribution in [1.82, 2.24) is 5.32 Å². The number of nitrogens with one attached hydrogen (secondary N) is 1. The molecule has 0 fully saturated rings. The van der Waals surface area contributed by atoms with Crippen LogP contribution in [-0.2, 0) is 9.53 Å². The first kappa shape index (κ1) is 15.3. The van der Waals surface area contributed by atoms with Gasteiger partial charge in [-0.25, -0.2) is 0 Å². The van der Waals surface area contributed by atoms with E-state index in [1.807, 2.05) is 0 Å². The molecule has 0 rings (SSSR count). The highest BCUT2D eigenvalue weighted by atomic mass is 16.5. The third kappa shape index (κ3) is 9.89. The van der Waals surface area contributed by atoms with Crippen LogP contribution in [0.3, 0.4) is 0 Å². The second kappa shape index (κ2) is 10.9. The molecule has 0 bridgehead atoms. The van der Waals surface area contributed by atoms with E-state index in [1.54, 1.807) is 0 Å². The third-order valence-electron chi connectivity index (χ3n) is 2.13. The Labute approximate surface area is 97.3 Å². The summed E-state index contributed by atoms with van der Waals surface area (Å²) < 4.78 is 5.06. The molecular weight excluding hydrogens is 208 g/mol. The Balaban J connectivity index is 3.30. The van der Waals surface area contributed by atoms with Crippen LogP contribution in [0.1, 0.15) is 32.6 Å². The van der Waals surface area contributed by atoms with Crippen molar-refractivity contribution in [3.05, 3.63) is 0 Å². The lowest BCUT2D eigenvalue weighted by atomic mass is 10.1. The third-order valence-corrected chi connectivity index (χ3v) is 2.13. The molecule has 96 valence electrons. The minimum absolute atomic E-state index is 0.00288. The largest absolute Gasteiger partial charge is 0.394 e. The zero-order valence-electron chi connectivity index (χ0n) is 10.1. The topological polar surface area (TPSA) is 84.6 Å². The molecule has 0 saturated carbocycles. The van der Waals surface area contributed by atoms with Gasteiger partial charge in [-0.15, -0.1) is 0 Å². The van der Waals surface area contributed by atoms with Gasteiger partial charge in [-0.1, -0.05) is 13.3 Å². The maximum atomic E-state index is 11.3. The zero-order valence-corrected chi connectivity index (χ0v) is 10.1. The van der Waals surface area contributed by atoms with Crippen molar-refractivity contribution in [3.8, 4) is 0 Å². The fourth-order valence-corrected chi connectivity index (χ4v) is 1.35. The van der Waals surface area contributed by atoms with Crippen molar-refractivity contribution in [3.63, 3.8) is 0 Å². The molecule has 5 nitrogen and oxygen atoms in total. The van der Waals surface area contributed by atoms with Gasteiger partial charge in [0.2, 0.25) is 5.91 Å². The van der Waals surface area contributed by atoms with Crippen molar-refractivity contribution >= 4 is 5.91 Å². The van der Waals surface area contributed by atoms with Crippen LogP contribution in [0, 0.1) is 0 Å². The molecule has 0 radical (unpaired) electrons. The van der Waals surface area contributed by atoms with Gasteiger partial charge >= 0.3 is 0 Å². The lowest BCUT2D eigenvalue weighted by Crippen LogP contribution is -2.32. The normalized spacial score (nSPS) is 12.4. The molecule has 1 amide bonds. The van der Waals surface area contributed by atoms with Crippen LogP contribution in [0.4, 0.5) is 0 Å². The first-order valence-electron chi connectivity index (χ1n) is 5.91. The summed E-state index contributed by atoms with van der Waals surface area (Å²) in [6.45, 7) is 3.61. The fourth-order valence-electron chi connectivity index (χ4n) is 1.35. The standard InChI is InChI=1S/C11H24N2O3/c1-2-4-10(12)9-11(15)13-5-3-7-16-8-6-14/h10,14H,2-9,12H2,1H3,(H,13,15). The Kier molecular flexibility index (Phi) is 10.4. The molecule has 0 aromatic rings. The van der Waals surface area contributed by atoms with Crippen LogP contribution in [0.25, 0.3) is 0 Å². The SMILES string of the molecule is CCCC(N)CC(=O)NCCCOCCO. The Morgan fingerprint density at radius 2 is 2.25 bits per heavy atom. The summed E-state index contributed by atoms with van der Waals surface area (Å²) in [6.07, 6.45) is 3.04. The van der Waals surface area contributed by atoms with Gasteiger partial charge in [0.15, 0.2) is 0 Å². The van der Waals surface area contributed by atoms with Crippen LogP contribution in [0.2, 0.25) is 0 Å². The van der Waals surface area contributed by atoms with Crippen LogP contribution in [0.5, 0.6) is 0 Å². The maximum absolute atomic E-state index is 11.3. The minimum atomic E-state index is -0.0318. The molecule has 0 aromatic heterocycles. The highest BCUT2D eigenvalue weighted by Crippen LogP contribution is 1.97. The predicted molar refractivity (Wildman–Crippen MR) is 63.0 cm³/mol. The van der Waals surface area contributed by atoms with E-state index in [0.29, 0.717) is 26.2 Å². The van der Waals surface area contributed by atoms with E-state index < -0.39 is 0 Å². The number of hydrogen-bond donors (Lipinski definition) is 3. The number of hydrogen-bond acceptors (Lipinski definition) is 4. The number of nitrogens with two attached hydrogens (primary N) is 1. The number of amides is 1. The van der Waals surface area contributed by atoms with E-state index >= 15 is 0 Å². The molecule has 16 heavy (non-hydrogen) atoms. The van der Waals surface area contributed by atoms with E-state index in [1.165, 1.54) is 0 Å². The van der Waals surface area contributed by atoms with Crippen molar-refractivity contribution in [2.45, 2.75) is 38.6 Å². The number of ether oxygens (including phenoxy) is 1. The second-order valence-corrected chi connectivity index (χ2v) is 3.79. The predicted octanol–water partition coefficient (Wildman–Crippen LogP) is 0.0191. The van der Waals surface area contributed by atoms with E-state index in [2.05, 4.69) is 12.2 Å². The maximum Gasteiger partial charge on any atom is 0.221 e. The molecule has 0 aromatic carbocycles. The zero-order chi connectivity index (χ0) is 12.2. The number of rotatable bonds is 10. The summed E-state index contributed by atoms with van der Waals surface area (Å²) in [5.74, 6) is 0.00288. The average Bonchev–Trinajstić information content (AvgIpc) is 2.23. The first-order valence-corrected chi connectivity index (χ1v) is 5.91. The van der Waals surface area contributed by atoms with Crippen molar-refractivity contribution in [2.24, 2.45) is 5.73 Å². The lowest BCUT2D eigenvalue weighted by Gasteiger charge is -2.10. The average molecular weight is 232 g/mol. The summed E-state index contributed by atoms with van der Waals surface area (Å²) in [6, 6.07) is -0.0318. The molecule has 1 atom stereocenters. The summed E-state index contributed by atoms with van der Waals surface area (Å²) in [5, 5.41) is 11.2. The molecule has 1 unspecified atom stereocenters. The van der Waals surface area contributed by atoms with Crippen LogP contribution < -0.4 is 11.1 Å². The van der Waals surface area contributed by atoms with Crippen molar-refractivity contribution in [2.75, 3.05) is 26.4 Å². The molecule has 0 heterocycles. The van der Waals surface area contributed by atoms with Gasteiger partial charge in [-0.05, 0) is 12.8 Å². The van der Waals surface area contributed by atoms with E-state index in [0.717, 1.165) is 19.3 Å². The smallest absolute Gasteiger partial charge is 0.221 e. The Morgan fingerprint density at radius 1 is 1.50 bits per heavy atom. The Bertz CT molecular complexity index is 177. The molecule has 4 N–H and O–H groups in total. The Hall–Kier alpha value is -0.650. The summed E-state index contributed by atoms with van der Waals surface area (Å²) >= 11 is 0. The molecular formula is C11H24N2O3. The number of carbonyl (C=O) groups excluding carboxylic acids is 1. The van der Waals surface area contributed by atoms with Gasteiger partial charge in [0.1, 0.15) is 0 Å². The summed E-state index contributed by atoms with van der Waals surface area (Å²) in [7, 11) is 0. The van der Waals surface area contributed by atoms with Gasteiger partial charge in [0.05, 0.1) is 13.2 Å². The van der Waals surface area contributed by atoms with E-state index in [-0.39, 0.29) is 18.6 Å². The molecule has 0 aliphatic rings. The Morgan fingerprint density at radius 3 is 2.88 bits per heavy atom. The minimum Gasteiger partial charge on any atom is -0.394 e. The molecule has 0 saturated heterocycles. The molecule has 0 spiro atoms. The van der Waals surface area contributed by atoms with Gasteiger partial charge in [0.25, 0.3) is 0 Å². The number of aliphatic hydroxyl groups is 1. The highest BCUT2D eigenvalue weighted by Gasteiger charge is 2.07. The lowest BCUT2D eigenvalue weighted by molar-refractivity contribution is -0.121. The number of carbonyl (C=O) groups is 1. The molecule has 0 aliphatic carbocycles. The monoisotopic (exact) mass is 232 g/mol. The summed E-state index contributed by atoms with van der Waals surface area (Å²) in [5.41, 5.74) is 5.74. The number of aliphatic hydroxyl groups excluding tert-OH is 1. The molecule has 0 aliphatic heterocycles. The quantitative estimate of drug-likeness (QED) is 0.464. The van der Waals surface area contributed by atoms with Crippen LogP contribution in [-0.4, -0.2) is 43.4 Å². The molecule has 5 heteroatoms. The van der Waals surface area contributed by atoms with Gasteiger partial charge in [-0.2, -0.15) is 0 Å². The second-order valence-electron chi connectivity index (χ2n) is 3.79. The summed E-state index contributed by atoms with van der Waals surface area (Å²) in [4.78, 5) is 11.3. The fraction of sp³-hybridized carbons (Fsp3) is 0.909. The van der Waals surface area contributed by atoms with Crippen LogP contribution >= 0.6 is 0 Å². The van der Waals surface area contributed by atoms with Crippen molar-refractivity contribution < 1.29 is 14.6 Å².